The van der Waals surface area contributed by atoms with E-state index in [-0.39, 0.29) is 17.7 Å². The summed E-state index contributed by atoms with van der Waals surface area (Å²) in [5, 5.41) is 15.0. The predicted molar refractivity (Wildman–Crippen MR) is 89.6 cm³/mol. The van der Waals surface area contributed by atoms with Crippen LogP contribution in [0.1, 0.15) is 48.9 Å². The van der Waals surface area contributed by atoms with E-state index in [4.69, 9.17) is 4.52 Å². The summed E-state index contributed by atoms with van der Waals surface area (Å²) in [6, 6.07) is 0. The van der Waals surface area contributed by atoms with Gasteiger partial charge in [0.15, 0.2) is 5.82 Å². The Morgan fingerprint density at radius 2 is 2.20 bits per heavy atom. The maximum absolute atomic E-state index is 13.1. The summed E-state index contributed by atoms with van der Waals surface area (Å²) in [7, 11) is 1.90. The fourth-order valence-corrected chi connectivity index (χ4v) is 4.14. The summed E-state index contributed by atoms with van der Waals surface area (Å²) in [4.78, 5) is 17.5. The molecule has 2 N–H and O–H groups in total. The van der Waals surface area contributed by atoms with Gasteiger partial charge in [-0.25, -0.2) is 0 Å². The standard InChI is InChI=1S/C17H24N6O2/c1-11-20-16(22-25-11)17(5-3-4-6-17)21-15(24)14-9-18-8-13(14)12-7-19-23(2)10-12/h7,10,13-14,18H,3-6,8-9H2,1-2H3,(H,21,24)/t13-,14+/m1/s1. The Kier molecular flexibility index (Phi) is 4.07. The van der Waals surface area contributed by atoms with E-state index in [9.17, 15) is 4.79 Å². The maximum atomic E-state index is 13.1. The van der Waals surface area contributed by atoms with Crippen LogP contribution in [-0.4, -0.2) is 38.9 Å². The van der Waals surface area contributed by atoms with Crippen molar-refractivity contribution in [1.29, 1.82) is 0 Å². The van der Waals surface area contributed by atoms with E-state index in [1.807, 2.05) is 19.4 Å². The highest BCUT2D eigenvalue weighted by Gasteiger charge is 2.44. The molecule has 1 aliphatic carbocycles. The van der Waals surface area contributed by atoms with Gasteiger partial charge in [-0.3, -0.25) is 9.48 Å². The number of hydrogen-bond donors (Lipinski definition) is 2. The second-order valence-corrected chi connectivity index (χ2v) is 7.23. The molecule has 0 radical (unpaired) electrons. The molecule has 25 heavy (non-hydrogen) atoms. The van der Waals surface area contributed by atoms with E-state index >= 15 is 0 Å². The Morgan fingerprint density at radius 3 is 2.84 bits per heavy atom. The van der Waals surface area contributed by atoms with Gasteiger partial charge in [-0.05, 0) is 18.4 Å². The number of carbonyl (C=O) groups is 1. The summed E-state index contributed by atoms with van der Waals surface area (Å²) < 4.78 is 6.95. The van der Waals surface area contributed by atoms with Crippen LogP contribution in [0.5, 0.6) is 0 Å². The average Bonchev–Trinajstić information content (AvgIpc) is 3.33. The quantitative estimate of drug-likeness (QED) is 0.859. The first-order valence-corrected chi connectivity index (χ1v) is 8.89. The largest absolute Gasteiger partial charge is 0.343 e. The van der Waals surface area contributed by atoms with Crippen molar-refractivity contribution < 1.29 is 9.32 Å². The number of amides is 1. The number of nitrogens with zero attached hydrogens (tertiary/aromatic N) is 4. The van der Waals surface area contributed by atoms with Gasteiger partial charge in [0.25, 0.3) is 0 Å². The maximum Gasteiger partial charge on any atom is 0.225 e. The molecule has 8 nitrogen and oxygen atoms in total. The van der Waals surface area contributed by atoms with E-state index in [2.05, 4.69) is 25.9 Å². The molecule has 2 aromatic rings. The monoisotopic (exact) mass is 344 g/mol. The third-order valence-electron chi connectivity index (χ3n) is 5.48. The third kappa shape index (κ3) is 2.95. The Morgan fingerprint density at radius 1 is 1.40 bits per heavy atom. The second kappa shape index (κ2) is 6.25. The molecular formula is C17H24N6O2. The van der Waals surface area contributed by atoms with Crippen molar-refractivity contribution in [2.75, 3.05) is 13.1 Å². The van der Waals surface area contributed by atoms with E-state index in [1.54, 1.807) is 11.6 Å². The first-order chi connectivity index (χ1) is 12.1. The molecule has 2 aliphatic rings. The minimum Gasteiger partial charge on any atom is -0.343 e. The Labute approximate surface area is 146 Å². The van der Waals surface area contributed by atoms with Crippen molar-refractivity contribution in [2.24, 2.45) is 13.0 Å². The zero-order chi connectivity index (χ0) is 17.4. The van der Waals surface area contributed by atoms with Crippen molar-refractivity contribution >= 4 is 5.91 Å². The van der Waals surface area contributed by atoms with Crippen LogP contribution >= 0.6 is 0 Å². The molecule has 0 bridgehead atoms. The van der Waals surface area contributed by atoms with Gasteiger partial charge in [0, 0.05) is 39.2 Å². The number of aromatic nitrogens is 4. The molecule has 1 amide bonds. The Bertz CT molecular complexity index is 761. The molecule has 1 aliphatic heterocycles. The second-order valence-electron chi connectivity index (χ2n) is 7.23. The molecule has 4 rings (SSSR count). The highest BCUT2D eigenvalue weighted by Crippen LogP contribution is 2.38. The van der Waals surface area contributed by atoms with Crippen LogP contribution in [0.25, 0.3) is 0 Å². The lowest BCUT2D eigenvalue weighted by Gasteiger charge is -2.29. The minimum absolute atomic E-state index is 0.0585. The lowest BCUT2D eigenvalue weighted by atomic mass is 9.88. The fraction of sp³-hybridized carbons (Fsp3) is 0.647. The SMILES string of the molecule is Cc1nc(C2(NC(=O)[C@H]3CNC[C@@H]3c3cnn(C)c3)CCCC2)no1. The molecule has 0 spiro atoms. The lowest BCUT2D eigenvalue weighted by molar-refractivity contribution is -0.127. The molecule has 2 aromatic heterocycles. The molecule has 0 unspecified atom stereocenters. The number of rotatable bonds is 4. The lowest BCUT2D eigenvalue weighted by Crippen LogP contribution is -2.48. The summed E-state index contributed by atoms with van der Waals surface area (Å²) in [5.41, 5.74) is 0.611. The van der Waals surface area contributed by atoms with Gasteiger partial charge in [-0.1, -0.05) is 18.0 Å². The number of carbonyl (C=O) groups excluding carboxylic acids is 1. The van der Waals surface area contributed by atoms with Crippen molar-refractivity contribution in [3.05, 3.63) is 29.7 Å². The number of aryl methyl sites for hydroxylation is 2. The van der Waals surface area contributed by atoms with Gasteiger partial charge in [0.05, 0.1) is 12.1 Å². The van der Waals surface area contributed by atoms with Crippen LogP contribution in [0.2, 0.25) is 0 Å². The van der Waals surface area contributed by atoms with E-state index in [0.29, 0.717) is 18.3 Å². The molecule has 2 fully saturated rings. The zero-order valence-corrected chi connectivity index (χ0v) is 14.7. The molecule has 134 valence electrons. The molecule has 2 atom stereocenters. The Balaban J connectivity index is 1.55. The van der Waals surface area contributed by atoms with Gasteiger partial charge < -0.3 is 15.2 Å². The van der Waals surface area contributed by atoms with Crippen LogP contribution in [0.3, 0.4) is 0 Å². The van der Waals surface area contributed by atoms with Crippen LogP contribution < -0.4 is 10.6 Å². The Hall–Kier alpha value is -2.22. The normalized spacial score (nSPS) is 25.4. The number of nitrogens with one attached hydrogen (secondary N) is 2. The molecular weight excluding hydrogens is 320 g/mol. The zero-order valence-electron chi connectivity index (χ0n) is 14.7. The topological polar surface area (TPSA) is 97.9 Å². The van der Waals surface area contributed by atoms with Gasteiger partial charge in [-0.15, -0.1) is 0 Å². The van der Waals surface area contributed by atoms with Gasteiger partial charge in [0.1, 0.15) is 5.54 Å². The first kappa shape index (κ1) is 16.3. The smallest absolute Gasteiger partial charge is 0.225 e. The highest BCUT2D eigenvalue weighted by molar-refractivity contribution is 5.81. The van der Waals surface area contributed by atoms with Gasteiger partial charge in [-0.2, -0.15) is 10.1 Å². The summed E-state index contributed by atoms with van der Waals surface area (Å²) in [5.74, 6) is 1.23. The van der Waals surface area contributed by atoms with Gasteiger partial charge >= 0.3 is 0 Å². The van der Waals surface area contributed by atoms with Crippen molar-refractivity contribution in [3.63, 3.8) is 0 Å². The summed E-state index contributed by atoms with van der Waals surface area (Å²) >= 11 is 0. The van der Waals surface area contributed by atoms with Crippen LogP contribution in [-0.2, 0) is 17.4 Å². The van der Waals surface area contributed by atoms with E-state index in [1.165, 1.54) is 0 Å². The first-order valence-electron chi connectivity index (χ1n) is 8.89. The highest BCUT2D eigenvalue weighted by atomic mass is 16.5. The van der Waals surface area contributed by atoms with Crippen molar-refractivity contribution in [1.82, 2.24) is 30.6 Å². The van der Waals surface area contributed by atoms with E-state index in [0.717, 1.165) is 37.8 Å². The van der Waals surface area contributed by atoms with Crippen molar-refractivity contribution in [3.8, 4) is 0 Å². The molecule has 1 saturated heterocycles. The van der Waals surface area contributed by atoms with Gasteiger partial charge in [0.2, 0.25) is 11.8 Å². The summed E-state index contributed by atoms with van der Waals surface area (Å²) in [6.45, 7) is 3.24. The number of hydrogen-bond acceptors (Lipinski definition) is 6. The predicted octanol–water partition coefficient (Wildman–Crippen LogP) is 1.00. The third-order valence-corrected chi connectivity index (χ3v) is 5.48. The molecule has 8 heteroatoms. The molecule has 3 heterocycles. The molecule has 0 aromatic carbocycles. The van der Waals surface area contributed by atoms with Crippen molar-refractivity contribution in [2.45, 2.75) is 44.1 Å². The van der Waals surface area contributed by atoms with Crippen LogP contribution in [0, 0.1) is 12.8 Å². The molecule has 1 saturated carbocycles. The minimum atomic E-state index is -0.489. The van der Waals surface area contributed by atoms with Crippen LogP contribution in [0.15, 0.2) is 16.9 Å². The van der Waals surface area contributed by atoms with E-state index < -0.39 is 5.54 Å². The van der Waals surface area contributed by atoms with Crippen LogP contribution in [0.4, 0.5) is 0 Å². The average molecular weight is 344 g/mol. The fourth-order valence-electron chi connectivity index (χ4n) is 4.14. The summed E-state index contributed by atoms with van der Waals surface area (Å²) in [6.07, 6.45) is 7.67.